The molecule has 0 radical (unpaired) electrons. The Labute approximate surface area is 195 Å². The van der Waals surface area contributed by atoms with E-state index >= 15 is 0 Å². The average molecular weight is 459 g/mol. The van der Waals surface area contributed by atoms with E-state index < -0.39 is 0 Å². The minimum absolute atomic E-state index is 0.0854. The van der Waals surface area contributed by atoms with E-state index in [9.17, 15) is 9.59 Å². The number of hydrogen-bond acceptors (Lipinski definition) is 5. The van der Waals surface area contributed by atoms with Gasteiger partial charge in [-0.2, -0.15) is 0 Å². The fraction of sp³-hybridized carbons (Fsp3) is 0.160. The molecule has 8 heteroatoms. The Balaban J connectivity index is 1.20. The average Bonchev–Trinajstić information content (AvgIpc) is 3.62. The number of imidazole rings is 1. The molecule has 2 aromatic carbocycles. The van der Waals surface area contributed by atoms with Crippen molar-refractivity contribution in [1.82, 2.24) is 19.8 Å². The predicted molar refractivity (Wildman–Crippen MR) is 126 cm³/mol. The molecule has 0 saturated carbocycles. The molecule has 5 rings (SSSR count). The van der Waals surface area contributed by atoms with Gasteiger partial charge in [-0.1, -0.05) is 24.3 Å². The number of aromatic nitrogens is 2. The second-order valence-electron chi connectivity index (χ2n) is 7.71. The smallest absolute Gasteiger partial charge is 0.251 e. The number of carbonyl (C=O) groups is 2. The fourth-order valence-corrected chi connectivity index (χ4v) is 4.94. The van der Waals surface area contributed by atoms with Crippen molar-refractivity contribution in [1.29, 1.82) is 0 Å². The lowest BCUT2D eigenvalue weighted by atomic mass is 10.1. The maximum Gasteiger partial charge on any atom is 0.251 e. The molecule has 0 aliphatic carbocycles. The van der Waals surface area contributed by atoms with E-state index in [0.717, 1.165) is 22.6 Å². The molecule has 7 nitrogen and oxygen atoms in total. The molecule has 1 saturated heterocycles. The van der Waals surface area contributed by atoms with Gasteiger partial charge in [-0.3, -0.25) is 9.59 Å². The van der Waals surface area contributed by atoms with Crippen LogP contribution in [-0.2, 0) is 17.9 Å². The molecular weight excluding hydrogens is 436 g/mol. The van der Waals surface area contributed by atoms with Gasteiger partial charge in [-0.05, 0) is 47.5 Å². The molecule has 0 spiro atoms. The Bertz CT molecular complexity index is 1220. The van der Waals surface area contributed by atoms with Gasteiger partial charge >= 0.3 is 0 Å². The summed E-state index contributed by atoms with van der Waals surface area (Å²) >= 11 is 1.58. The molecule has 1 atom stereocenters. The molecule has 3 heterocycles. The zero-order chi connectivity index (χ0) is 22.6. The first-order valence-corrected chi connectivity index (χ1v) is 11.6. The summed E-state index contributed by atoms with van der Waals surface area (Å²) in [6, 6.07) is 19.1. The highest BCUT2D eigenvalue weighted by atomic mass is 32.2. The standard InChI is InChI=1S/C25H22N4O3S/c30-23-16-33-25(29(23)15-22-2-1-13-32-22)20-7-5-19(6-8-20)24(31)27-14-18-3-9-21(10-4-18)28-12-11-26-17-28/h1-13,17,25H,14-16H2,(H,27,31). The second-order valence-corrected chi connectivity index (χ2v) is 8.77. The first-order valence-electron chi connectivity index (χ1n) is 10.6. The van der Waals surface area contributed by atoms with Gasteiger partial charge in [0.2, 0.25) is 5.91 Å². The second kappa shape index (κ2) is 9.38. The Morgan fingerprint density at radius 3 is 2.64 bits per heavy atom. The van der Waals surface area contributed by atoms with Gasteiger partial charge in [0.25, 0.3) is 5.91 Å². The summed E-state index contributed by atoms with van der Waals surface area (Å²) < 4.78 is 7.33. The van der Waals surface area contributed by atoms with Crippen molar-refractivity contribution in [3.63, 3.8) is 0 Å². The zero-order valence-electron chi connectivity index (χ0n) is 17.8. The van der Waals surface area contributed by atoms with Crippen molar-refractivity contribution in [2.75, 3.05) is 5.75 Å². The molecule has 1 N–H and O–H groups in total. The lowest BCUT2D eigenvalue weighted by Gasteiger charge is -2.23. The minimum Gasteiger partial charge on any atom is -0.467 e. The largest absolute Gasteiger partial charge is 0.467 e. The van der Waals surface area contributed by atoms with Crippen LogP contribution in [0.5, 0.6) is 0 Å². The van der Waals surface area contributed by atoms with E-state index in [1.165, 1.54) is 0 Å². The normalized spacial score (nSPS) is 15.7. The highest BCUT2D eigenvalue weighted by Gasteiger charge is 2.33. The van der Waals surface area contributed by atoms with Gasteiger partial charge in [-0.15, -0.1) is 11.8 Å². The number of thioether (sulfide) groups is 1. The maximum absolute atomic E-state index is 12.6. The third-order valence-electron chi connectivity index (χ3n) is 5.52. The molecule has 0 bridgehead atoms. The number of furan rings is 1. The number of nitrogens with zero attached hydrogens (tertiary/aromatic N) is 3. The van der Waals surface area contributed by atoms with E-state index in [1.807, 2.05) is 64.2 Å². The van der Waals surface area contributed by atoms with Gasteiger partial charge in [0.1, 0.15) is 11.1 Å². The zero-order valence-corrected chi connectivity index (χ0v) is 18.6. The first kappa shape index (κ1) is 21.1. The van der Waals surface area contributed by atoms with E-state index in [1.54, 1.807) is 42.7 Å². The molecule has 166 valence electrons. The molecule has 1 fully saturated rings. The van der Waals surface area contributed by atoms with Crippen LogP contribution in [-0.4, -0.2) is 32.0 Å². The van der Waals surface area contributed by atoms with Crippen LogP contribution < -0.4 is 5.32 Å². The van der Waals surface area contributed by atoms with E-state index in [2.05, 4.69) is 10.3 Å². The molecule has 2 aromatic heterocycles. The summed E-state index contributed by atoms with van der Waals surface area (Å²) in [5.41, 5.74) is 3.60. The van der Waals surface area contributed by atoms with Crippen molar-refractivity contribution < 1.29 is 14.0 Å². The molecule has 1 aliphatic heterocycles. The highest BCUT2D eigenvalue weighted by Crippen LogP contribution is 2.39. The third-order valence-corrected chi connectivity index (χ3v) is 6.78. The summed E-state index contributed by atoms with van der Waals surface area (Å²) in [4.78, 5) is 30.9. The van der Waals surface area contributed by atoms with Crippen molar-refractivity contribution in [3.8, 4) is 5.69 Å². The molecule has 4 aromatic rings. The lowest BCUT2D eigenvalue weighted by Crippen LogP contribution is -2.27. The van der Waals surface area contributed by atoms with Crippen LogP contribution in [0.3, 0.4) is 0 Å². The molecule has 33 heavy (non-hydrogen) atoms. The maximum atomic E-state index is 12.6. The number of benzene rings is 2. The number of amides is 2. The van der Waals surface area contributed by atoms with Gasteiger partial charge in [0.15, 0.2) is 0 Å². The molecule has 1 unspecified atom stereocenters. The van der Waals surface area contributed by atoms with E-state index in [-0.39, 0.29) is 17.2 Å². The monoisotopic (exact) mass is 458 g/mol. The SMILES string of the molecule is O=C(NCc1ccc(-n2ccnc2)cc1)c1ccc(C2SCC(=O)N2Cc2ccco2)cc1. The molecule has 2 amide bonds. The Morgan fingerprint density at radius 1 is 1.12 bits per heavy atom. The third kappa shape index (κ3) is 4.70. The topological polar surface area (TPSA) is 80.4 Å². The molecule has 1 aliphatic rings. The van der Waals surface area contributed by atoms with Crippen LogP contribution in [0.2, 0.25) is 0 Å². The van der Waals surface area contributed by atoms with E-state index in [4.69, 9.17) is 4.42 Å². The van der Waals surface area contributed by atoms with Crippen LogP contribution in [0.25, 0.3) is 5.69 Å². The Morgan fingerprint density at radius 2 is 1.94 bits per heavy atom. The number of carbonyl (C=O) groups excluding carboxylic acids is 2. The summed E-state index contributed by atoms with van der Waals surface area (Å²) in [5, 5.41) is 2.87. The van der Waals surface area contributed by atoms with Crippen molar-refractivity contribution in [2.24, 2.45) is 0 Å². The quantitative estimate of drug-likeness (QED) is 0.450. The molecular formula is C25H22N4O3S. The predicted octanol–water partition coefficient (Wildman–Crippen LogP) is 4.17. The van der Waals surface area contributed by atoms with Crippen LogP contribution in [0.15, 0.2) is 90.1 Å². The first-order chi connectivity index (χ1) is 16.2. The summed E-state index contributed by atoms with van der Waals surface area (Å²) in [7, 11) is 0. The van der Waals surface area contributed by atoms with Crippen molar-refractivity contribution >= 4 is 23.6 Å². The highest BCUT2D eigenvalue weighted by molar-refractivity contribution is 8.00. The Kier molecular flexibility index (Phi) is 5.99. The van der Waals surface area contributed by atoms with Crippen LogP contribution in [0.4, 0.5) is 0 Å². The number of hydrogen-bond donors (Lipinski definition) is 1. The summed E-state index contributed by atoms with van der Waals surface area (Å²) in [6.45, 7) is 0.875. The van der Waals surface area contributed by atoms with Gasteiger partial charge in [0.05, 0.1) is 24.9 Å². The number of rotatable bonds is 7. The van der Waals surface area contributed by atoms with Crippen molar-refractivity contribution in [2.45, 2.75) is 18.5 Å². The van der Waals surface area contributed by atoms with Gasteiger partial charge in [0, 0.05) is 30.2 Å². The van der Waals surface area contributed by atoms with Crippen LogP contribution in [0, 0.1) is 0 Å². The fourth-order valence-electron chi connectivity index (χ4n) is 3.75. The van der Waals surface area contributed by atoms with Gasteiger partial charge < -0.3 is 19.2 Å². The minimum atomic E-state index is -0.136. The van der Waals surface area contributed by atoms with Crippen molar-refractivity contribution in [3.05, 3.63) is 108 Å². The number of nitrogens with one attached hydrogen (secondary N) is 1. The summed E-state index contributed by atoms with van der Waals surface area (Å²) in [5.74, 6) is 1.14. The lowest BCUT2D eigenvalue weighted by molar-refractivity contribution is -0.128. The summed E-state index contributed by atoms with van der Waals surface area (Å²) in [6.07, 6.45) is 6.98. The van der Waals surface area contributed by atoms with Crippen LogP contribution in [0.1, 0.15) is 32.6 Å². The Hall–Kier alpha value is -3.78. The van der Waals surface area contributed by atoms with Gasteiger partial charge in [-0.25, -0.2) is 4.98 Å². The van der Waals surface area contributed by atoms with Crippen LogP contribution >= 0.6 is 11.8 Å². The van der Waals surface area contributed by atoms with E-state index in [0.29, 0.717) is 24.4 Å².